The normalized spacial score (nSPS) is 10.9. The third kappa shape index (κ3) is 5.63. The molecule has 0 aliphatic carbocycles. The third-order valence-electron chi connectivity index (χ3n) is 4.80. The molecule has 0 saturated carbocycles. The third-order valence-corrected chi connectivity index (χ3v) is 6.94. The first-order valence-electron chi connectivity index (χ1n) is 10.1. The van der Waals surface area contributed by atoms with Crippen LogP contribution in [0.25, 0.3) is 10.2 Å². The number of hydrogen-bond acceptors (Lipinski definition) is 6. The Bertz CT molecular complexity index is 1180. The molecular formula is C24H22FN3O2S2. The number of benzene rings is 2. The van der Waals surface area contributed by atoms with E-state index in [2.05, 4.69) is 4.98 Å². The number of anilines is 1. The van der Waals surface area contributed by atoms with Crippen molar-refractivity contribution in [2.24, 2.45) is 0 Å². The van der Waals surface area contributed by atoms with Crippen molar-refractivity contribution in [2.75, 3.05) is 17.8 Å². The predicted molar refractivity (Wildman–Crippen MR) is 128 cm³/mol. The van der Waals surface area contributed by atoms with E-state index in [1.807, 2.05) is 30.3 Å². The average molecular weight is 468 g/mol. The first-order chi connectivity index (χ1) is 15.6. The van der Waals surface area contributed by atoms with E-state index in [9.17, 15) is 9.18 Å². The minimum Gasteiger partial charge on any atom is -0.497 e. The van der Waals surface area contributed by atoms with Crippen molar-refractivity contribution < 1.29 is 13.9 Å². The first kappa shape index (κ1) is 22.2. The van der Waals surface area contributed by atoms with Crippen molar-refractivity contribution in [3.8, 4) is 5.75 Å². The van der Waals surface area contributed by atoms with Crippen LogP contribution < -0.4 is 9.64 Å². The average Bonchev–Trinajstić information content (AvgIpc) is 3.25. The Morgan fingerprint density at radius 1 is 1.19 bits per heavy atom. The second kappa shape index (κ2) is 10.6. The summed E-state index contributed by atoms with van der Waals surface area (Å²) in [6.45, 7) is 0.411. The number of carbonyl (C=O) groups excluding carboxylic acids is 1. The smallest absolute Gasteiger partial charge is 0.229 e. The fourth-order valence-electron chi connectivity index (χ4n) is 3.15. The van der Waals surface area contributed by atoms with Crippen molar-refractivity contribution in [1.82, 2.24) is 9.97 Å². The molecule has 0 aliphatic rings. The molecule has 8 heteroatoms. The predicted octanol–water partition coefficient (Wildman–Crippen LogP) is 5.94. The number of amides is 1. The molecular weight excluding hydrogens is 445 g/mol. The Balaban J connectivity index is 1.47. The standard InChI is InChI=1S/C24H22FN3O2S2/c1-30-19-8-11-21-22(14-19)32-24(27-21)28(16-17-4-2-12-26-15-17)23(29)5-3-13-31-20-9-6-18(25)7-10-20/h2,4,6-12,14-15H,3,5,13,16H2,1H3. The van der Waals surface area contributed by atoms with Crippen LogP contribution in [0.4, 0.5) is 9.52 Å². The summed E-state index contributed by atoms with van der Waals surface area (Å²) in [5, 5.41) is 0.660. The molecule has 0 aliphatic heterocycles. The summed E-state index contributed by atoms with van der Waals surface area (Å²) in [4.78, 5) is 24.8. The van der Waals surface area contributed by atoms with E-state index >= 15 is 0 Å². The fraction of sp³-hybridized carbons (Fsp3) is 0.208. The highest BCUT2D eigenvalue weighted by Gasteiger charge is 2.20. The van der Waals surface area contributed by atoms with Crippen molar-refractivity contribution in [3.05, 3.63) is 78.4 Å². The van der Waals surface area contributed by atoms with Gasteiger partial charge in [-0.05, 0) is 66.3 Å². The van der Waals surface area contributed by atoms with Crippen LogP contribution in [0.3, 0.4) is 0 Å². The van der Waals surface area contributed by atoms with Gasteiger partial charge in [0, 0.05) is 23.7 Å². The molecule has 0 spiro atoms. The molecule has 32 heavy (non-hydrogen) atoms. The van der Waals surface area contributed by atoms with Gasteiger partial charge in [-0.15, -0.1) is 11.8 Å². The number of rotatable bonds is 9. The molecule has 164 valence electrons. The first-order valence-corrected chi connectivity index (χ1v) is 11.9. The second-order valence-electron chi connectivity index (χ2n) is 7.08. The lowest BCUT2D eigenvalue weighted by Gasteiger charge is -2.20. The van der Waals surface area contributed by atoms with Crippen molar-refractivity contribution in [2.45, 2.75) is 24.3 Å². The monoisotopic (exact) mass is 467 g/mol. The van der Waals surface area contributed by atoms with Crippen molar-refractivity contribution in [1.29, 1.82) is 0 Å². The number of pyridine rings is 1. The number of hydrogen-bond donors (Lipinski definition) is 0. The molecule has 0 saturated heterocycles. The lowest BCUT2D eigenvalue weighted by Crippen LogP contribution is -2.30. The Morgan fingerprint density at radius 2 is 2.03 bits per heavy atom. The van der Waals surface area contributed by atoms with E-state index in [0.717, 1.165) is 32.2 Å². The van der Waals surface area contributed by atoms with E-state index in [-0.39, 0.29) is 11.7 Å². The van der Waals surface area contributed by atoms with Crippen LogP contribution in [0.15, 0.2) is 71.9 Å². The Morgan fingerprint density at radius 3 is 2.78 bits per heavy atom. The van der Waals surface area contributed by atoms with Gasteiger partial charge < -0.3 is 4.74 Å². The molecule has 2 aromatic heterocycles. The number of methoxy groups -OCH3 is 1. The Hall–Kier alpha value is -2.97. The summed E-state index contributed by atoms with van der Waals surface area (Å²) in [6, 6.07) is 15.9. The summed E-state index contributed by atoms with van der Waals surface area (Å²) in [6.07, 6.45) is 4.59. The second-order valence-corrected chi connectivity index (χ2v) is 9.25. The van der Waals surface area contributed by atoms with Crippen LogP contribution in [-0.2, 0) is 11.3 Å². The molecule has 0 fully saturated rings. The Kier molecular flexibility index (Phi) is 7.34. The largest absolute Gasteiger partial charge is 0.497 e. The number of aromatic nitrogens is 2. The molecule has 2 heterocycles. The van der Waals surface area contributed by atoms with Gasteiger partial charge in [-0.3, -0.25) is 14.7 Å². The summed E-state index contributed by atoms with van der Waals surface area (Å²) in [5.41, 5.74) is 1.78. The quantitative estimate of drug-likeness (QED) is 0.225. The van der Waals surface area contributed by atoms with E-state index in [1.54, 1.807) is 48.3 Å². The molecule has 1 amide bonds. The minimum absolute atomic E-state index is 0.0135. The van der Waals surface area contributed by atoms with Gasteiger partial charge in [-0.1, -0.05) is 17.4 Å². The maximum absolute atomic E-state index is 13.2. The van der Waals surface area contributed by atoms with E-state index in [1.165, 1.54) is 23.5 Å². The van der Waals surface area contributed by atoms with Gasteiger partial charge in [0.2, 0.25) is 5.91 Å². The highest BCUT2D eigenvalue weighted by atomic mass is 32.2. The molecule has 0 unspecified atom stereocenters. The number of thioether (sulfide) groups is 1. The lowest BCUT2D eigenvalue weighted by molar-refractivity contribution is -0.118. The van der Waals surface area contributed by atoms with Crippen molar-refractivity contribution in [3.63, 3.8) is 0 Å². The number of halogens is 1. The van der Waals surface area contributed by atoms with E-state index in [4.69, 9.17) is 9.72 Å². The van der Waals surface area contributed by atoms with Crippen molar-refractivity contribution >= 4 is 44.4 Å². The zero-order valence-electron chi connectivity index (χ0n) is 17.5. The van der Waals surface area contributed by atoms with Crippen LogP contribution in [-0.4, -0.2) is 28.7 Å². The zero-order valence-corrected chi connectivity index (χ0v) is 19.2. The highest BCUT2D eigenvalue weighted by molar-refractivity contribution is 7.99. The van der Waals surface area contributed by atoms with Crippen LogP contribution in [0.2, 0.25) is 0 Å². The van der Waals surface area contributed by atoms with Gasteiger partial charge in [0.15, 0.2) is 5.13 Å². The molecule has 0 N–H and O–H groups in total. The van der Waals surface area contributed by atoms with Gasteiger partial charge in [-0.25, -0.2) is 9.37 Å². The maximum atomic E-state index is 13.2. The number of carbonyl (C=O) groups is 1. The molecule has 2 aromatic carbocycles. The lowest BCUT2D eigenvalue weighted by atomic mass is 10.2. The topological polar surface area (TPSA) is 55.3 Å². The number of thiazole rings is 1. The number of fused-ring (bicyclic) bond motifs is 1. The minimum atomic E-state index is -0.246. The van der Waals surface area contributed by atoms with Gasteiger partial charge in [0.05, 0.1) is 23.9 Å². The number of ether oxygens (including phenoxy) is 1. The highest BCUT2D eigenvalue weighted by Crippen LogP contribution is 2.32. The SMILES string of the molecule is COc1ccc2nc(N(Cc3cccnc3)C(=O)CCCSc3ccc(F)cc3)sc2c1. The Labute approximate surface area is 194 Å². The van der Waals surface area contributed by atoms with Gasteiger partial charge in [0.25, 0.3) is 0 Å². The fourth-order valence-corrected chi connectivity index (χ4v) is 5.01. The molecule has 5 nitrogen and oxygen atoms in total. The summed E-state index contributed by atoms with van der Waals surface area (Å²) in [5.74, 6) is 1.30. The van der Waals surface area contributed by atoms with Gasteiger partial charge in [0.1, 0.15) is 11.6 Å². The van der Waals surface area contributed by atoms with Crippen LogP contribution in [0.5, 0.6) is 5.75 Å². The molecule has 4 rings (SSSR count). The molecule has 0 bridgehead atoms. The van der Waals surface area contributed by atoms with Gasteiger partial charge in [-0.2, -0.15) is 0 Å². The summed E-state index contributed by atoms with van der Waals surface area (Å²) < 4.78 is 19.3. The van der Waals surface area contributed by atoms with E-state index in [0.29, 0.717) is 24.5 Å². The van der Waals surface area contributed by atoms with Crippen LogP contribution in [0, 0.1) is 5.82 Å². The summed E-state index contributed by atoms with van der Waals surface area (Å²) >= 11 is 3.09. The molecule has 0 radical (unpaired) electrons. The molecule has 4 aromatic rings. The van der Waals surface area contributed by atoms with Crippen LogP contribution >= 0.6 is 23.1 Å². The maximum Gasteiger partial charge on any atom is 0.229 e. The molecule has 0 atom stereocenters. The van der Waals surface area contributed by atoms with Gasteiger partial charge >= 0.3 is 0 Å². The van der Waals surface area contributed by atoms with Crippen LogP contribution in [0.1, 0.15) is 18.4 Å². The van der Waals surface area contributed by atoms with E-state index < -0.39 is 0 Å². The summed E-state index contributed by atoms with van der Waals surface area (Å²) in [7, 11) is 1.63. The number of nitrogens with zero attached hydrogens (tertiary/aromatic N) is 3. The zero-order chi connectivity index (χ0) is 22.3.